The van der Waals surface area contributed by atoms with Crippen LogP contribution < -0.4 is 5.32 Å². The Morgan fingerprint density at radius 3 is 2.95 bits per heavy atom. The first-order valence-corrected chi connectivity index (χ1v) is 6.57. The topological polar surface area (TPSA) is 99.3 Å². The van der Waals surface area contributed by atoms with E-state index in [2.05, 4.69) is 10.4 Å². The van der Waals surface area contributed by atoms with Gasteiger partial charge in [0.25, 0.3) is 0 Å². The van der Waals surface area contributed by atoms with E-state index in [1.165, 1.54) is 10.9 Å². The van der Waals surface area contributed by atoms with Gasteiger partial charge in [-0.15, -0.1) is 0 Å². The van der Waals surface area contributed by atoms with Crippen molar-refractivity contribution in [2.45, 2.75) is 33.2 Å². The Morgan fingerprint density at radius 2 is 2.35 bits per heavy atom. The molecule has 1 aromatic heterocycles. The van der Waals surface area contributed by atoms with Crippen molar-refractivity contribution in [2.75, 3.05) is 19.8 Å². The number of aryl methyl sites for hydroxylation is 1. The number of rotatable bonds is 9. The Labute approximate surface area is 117 Å². The second-order valence-corrected chi connectivity index (χ2v) is 4.25. The molecule has 8 heteroatoms. The van der Waals surface area contributed by atoms with Crippen molar-refractivity contribution in [1.82, 2.24) is 15.1 Å². The highest BCUT2D eigenvalue weighted by atomic mass is 16.6. The minimum Gasteiger partial charge on any atom is -0.382 e. The van der Waals surface area contributed by atoms with Crippen LogP contribution in [0.1, 0.15) is 25.5 Å². The maximum atomic E-state index is 11.6. The van der Waals surface area contributed by atoms with Gasteiger partial charge in [0, 0.05) is 26.2 Å². The van der Waals surface area contributed by atoms with Crippen LogP contribution in [0, 0.1) is 17.0 Å². The average Bonchev–Trinajstić information content (AvgIpc) is 2.77. The van der Waals surface area contributed by atoms with Crippen LogP contribution in [0.5, 0.6) is 0 Å². The minimum absolute atomic E-state index is 0.0258. The van der Waals surface area contributed by atoms with E-state index in [1.807, 2.05) is 6.92 Å². The Balaban J connectivity index is 2.29. The number of ether oxygens (including phenoxy) is 1. The highest BCUT2D eigenvalue weighted by Gasteiger charge is 2.16. The largest absolute Gasteiger partial charge is 0.382 e. The fourth-order valence-electron chi connectivity index (χ4n) is 1.68. The number of nitrogens with zero attached hydrogens (tertiary/aromatic N) is 3. The molecule has 0 fully saturated rings. The summed E-state index contributed by atoms with van der Waals surface area (Å²) in [5.41, 5.74) is 0.432. The zero-order valence-electron chi connectivity index (χ0n) is 11.8. The van der Waals surface area contributed by atoms with E-state index in [1.54, 1.807) is 6.92 Å². The fraction of sp³-hybridized carbons (Fsp3) is 0.667. The number of hydrogen-bond donors (Lipinski definition) is 1. The fourth-order valence-corrected chi connectivity index (χ4v) is 1.68. The van der Waals surface area contributed by atoms with Crippen molar-refractivity contribution < 1.29 is 14.5 Å². The van der Waals surface area contributed by atoms with Gasteiger partial charge in [-0.05, 0) is 20.3 Å². The second-order valence-electron chi connectivity index (χ2n) is 4.25. The van der Waals surface area contributed by atoms with E-state index in [9.17, 15) is 14.9 Å². The van der Waals surface area contributed by atoms with Gasteiger partial charge >= 0.3 is 5.69 Å². The summed E-state index contributed by atoms with van der Waals surface area (Å²) >= 11 is 0. The molecule has 0 aliphatic heterocycles. The predicted molar refractivity (Wildman–Crippen MR) is 72.4 cm³/mol. The molecule has 0 atom stereocenters. The van der Waals surface area contributed by atoms with Crippen LogP contribution in [0.2, 0.25) is 0 Å². The van der Waals surface area contributed by atoms with Gasteiger partial charge in [0.2, 0.25) is 5.91 Å². The molecule has 1 aromatic rings. The van der Waals surface area contributed by atoms with E-state index >= 15 is 0 Å². The van der Waals surface area contributed by atoms with Crippen LogP contribution in [0.3, 0.4) is 0 Å². The predicted octanol–water partition coefficient (Wildman–Crippen LogP) is 1.03. The first-order chi connectivity index (χ1) is 9.56. The van der Waals surface area contributed by atoms with Gasteiger partial charge in [-0.25, -0.2) is 0 Å². The molecule has 20 heavy (non-hydrogen) atoms. The zero-order valence-corrected chi connectivity index (χ0v) is 11.8. The molecule has 1 amide bonds. The number of nitrogens with one attached hydrogen (secondary N) is 1. The summed E-state index contributed by atoms with van der Waals surface area (Å²) in [4.78, 5) is 21.8. The molecule has 0 aromatic carbocycles. The third kappa shape index (κ3) is 4.96. The van der Waals surface area contributed by atoms with Gasteiger partial charge in [-0.2, -0.15) is 5.10 Å². The maximum Gasteiger partial charge on any atom is 0.309 e. The SMILES string of the molecule is CCOCCCNC(=O)CCn1ncc([N+](=O)[O-])c1C. The first kappa shape index (κ1) is 16.1. The molecule has 1 rings (SSSR count). The number of amides is 1. The lowest BCUT2D eigenvalue weighted by atomic mass is 10.3. The van der Waals surface area contributed by atoms with Crippen molar-refractivity contribution in [3.05, 3.63) is 22.0 Å². The standard InChI is InChI=1S/C12H20N4O4/c1-3-20-8-4-6-13-12(17)5-7-15-10(2)11(9-14-15)16(18)19/h9H,3-8H2,1-2H3,(H,13,17). The molecule has 0 saturated heterocycles. The van der Waals surface area contributed by atoms with Crippen molar-refractivity contribution in [3.63, 3.8) is 0 Å². The van der Waals surface area contributed by atoms with Gasteiger partial charge in [0.05, 0.1) is 11.5 Å². The highest BCUT2D eigenvalue weighted by Crippen LogP contribution is 2.16. The maximum absolute atomic E-state index is 11.6. The summed E-state index contributed by atoms with van der Waals surface area (Å²) < 4.78 is 6.63. The zero-order chi connectivity index (χ0) is 15.0. The van der Waals surface area contributed by atoms with Crippen LogP contribution in [0.4, 0.5) is 5.69 Å². The highest BCUT2D eigenvalue weighted by molar-refractivity contribution is 5.75. The third-order valence-electron chi connectivity index (χ3n) is 2.82. The summed E-state index contributed by atoms with van der Waals surface area (Å²) in [6.07, 6.45) is 2.22. The molecule has 0 bridgehead atoms. The van der Waals surface area contributed by atoms with Crippen LogP contribution in [0.25, 0.3) is 0 Å². The van der Waals surface area contributed by atoms with Crippen molar-refractivity contribution >= 4 is 11.6 Å². The quantitative estimate of drug-likeness (QED) is 0.415. The molecule has 1 heterocycles. The Hall–Kier alpha value is -1.96. The molecule has 0 aliphatic rings. The number of aromatic nitrogens is 2. The number of carbonyl (C=O) groups is 1. The molecule has 0 radical (unpaired) electrons. The molecule has 0 spiro atoms. The summed E-state index contributed by atoms with van der Waals surface area (Å²) in [6.45, 7) is 5.73. The summed E-state index contributed by atoms with van der Waals surface area (Å²) in [6, 6.07) is 0. The smallest absolute Gasteiger partial charge is 0.309 e. The molecule has 112 valence electrons. The molecule has 1 N–H and O–H groups in total. The van der Waals surface area contributed by atoms with Gasteiger partial charge in [0.1, 0.15) is 11.9 Å². The van der Waals surface area contributed by atoms with Gasteiger partial charge in [0.15, 0.2) is 0 Å². The minimum atomic E-state index is -0.480. The molecular formula is C12H20N4O4. The lowest BCUT2D eigenvalue weighted by Gasteiger charge is -2.06. The van der Waals surface area contributed by atoms with Crippen molar-refractivity contribution in [3.8, 4) is 0 Å². The number of hydrogen-bond acceptors (Lipinski definition) is 5. The van der Waals surface area contributed by atoms with Crippen LogP contribution in [0.15, 0.2) is 6.20 Å². The Kier molecular flexibility index (Phi) is 6.65. The van der Waals surface area contributed by atoms with E-state index in [0.717, 1.165) is 6.42 Å². The summed E-state index contributed by atoms with van der Waals surface area (Å²) in [5, 5.41) is 17.3. The van der Waals surface area contributed by atoms with Gasteiger partial charge in [-0.3, -0.25) is 19.6 Å². The molecular weight excluding hydrogens is 264 g/mol. The summed E-state index contributed by atoms with van der Waals surface area (Å²) in [5.74, 6) is -0.0981. The van der Waals surface area contributed by atoms with E-state index in [0.29, 0.717) is 32.0 Å². The van der Waals surface area contributed by atoms with Crippen LogP contribution >= 0.6 is 0 Å². The van der Waals surface area contributed by atoms with E-state index < -0.39 is 4.92 Å². The lowest BCUT2D eigenvalue weighted by Crippen LogP contribution is -2.26. The summed E-state index contributed by atoms with van der Waals surface area (Å²) in [7, 11) is 0. The number of carbonyl (C=O) groups excluding carboxylic acids is 1. The Morgan fingerprint density at radius 1 is 1.60 bits per heavy atom. The molecule has 0 saturated carbocycles. The molecule has 0 unspecified atom stereocenters. The monoisotopic (exact) mass is 284 g/mol. The van der Waals surface area contributed by atoms with E-state index in [4.69, 9.17) is 4.74 Å². The molecule has 0 aliphatic carbocycles. The Bertz CT molecular complexity index is 458. The van der Waals surface area contributed by atoms with Crippen LogP contribution in [-0.4, -0.2) is 40.4 Å². The molecule has 8 nitrogen and oxygen atoms in total. The lowest BCUT2D eigenvalue weighted by molar-refractivity contribution is -0.385. The van der Waals surface area contributed by atoms with Crippen molar-refractivity contribution in [1.29, 1.82) is 0 Å². The third-order valence-corrected chi connectivity index (χ3v) is 2.82. The van der Waals surface area contributed by atoms with Gasteiger partial charge in [-0.1, -0.05) is 0 Å². The normalized spacial score (nSPS) is 10.5. The second kappa shape index (κ2) is 8.26. The van der Waals surface area contributed by atoms with Gasteiger partial charge < -0.3 is 10.1 Å². The average molecular weight is 284 g/mol. The van der Waals surface area contributed by atoms with Crippen molar-refractivity contribution in [2.24, 2.45) is 0 Å². The van der Waals surface area contributed by atoms with E-state index in [-0.39, 0.29) is 18.0 Å². The number of nitro groups is 1. The first-order valence-electron chi connectivity index (χ1n) is 6.57. The van der Waals surface area contributed by atoms with Crippen LogP contribution in [-0.2, 0) is 16.1 Å².